The van der Waals surface area contributed by atoms with Gasteiger partial charge in [-0.3, -0.25) is 0 Å². The van der Waals surface area contributed by atoms with E-state index in [4.69, 9.17) is 10.8 Å². The van der Waals surface area contributed by atoms with E-state index in [9.17, 15) is 0 Å². The van der Waals surface area contributed by atoms with E-state index in [2.05, 4.69) is 20.0 Å². The molecule has 0 fully saturated rings. The van der Waals surface area contributed by atoms with Crippen molar-refractivity contribution in [1.82, 2.24) is 9.97 Å². The molecule has 0 unspecified atom stereocenters. The van der Waals surface area contributed by atoms with Crippen LogP contribution in [-0.2, 0) is 0 Å². The quantitative estimate of drug-likeness (QED) is 0.339. The number of nitriles is 1. The van der Waals surface area contributed by atoms with Gasteiger partial charge in [0.25, 0.3) is 0 Å². The predicted molar refractivity (Wildman–Crippen MR) is 35.6 cm³/mol. The molecular formula is C5H2N6. The average Bonchev–Trinajstić information content (AvgIpc) is 2.07. The van der Waals surface area contributed by atoms with Gasteiger partial charge >= 0.3 is 0 Å². The molecule has 0 aromatic carbocycles. The van der Waals surface area contributed by atoms with Crippen LogP contribution in [0, 0.1) is 11.3 Å². The van der Waals surface area contributed by atoms with Gasteiger partial charge in [-0.05, 0) is 10.6 Å². The van der Waals surface area contributed by atoms with Gasteiger partial charge in [-0.1, -0.05) is 0 Å². The van der Waals surface area contributed by atoms with Crippen molar-refractivity contribution < 1.29 is 0 Å². The molecule has 0 atom stereocenters. The second kappa shape index (κ2) is 3.15. The molecular weight excluding hydrogens is 144 g/mol. The van der Waals surface area contributed by atoms with Crippen molar-refractivity contribution in [3.63, 3.8) is 0 Å². The third-order valence-corrected chi connectivity index (χ3v) is 0.900. The van der Waals surface area contributed by atoms with Crippen LogP contribution in [0.25, 0.3) is 10.4 Å². The summed E-state index contributed by atoms with van der Waals surface area (Å²) in [5.41, 5.74) is 8.17. The number of aromatic nitrogens is 2. The largest absolute Gasteiger partial charge is 0.250 e. The van der Waals surface area contributed by atoms with Crippen molar-refractivity contribution in [3.8, 4) is 6.07 Å². The van der Waals surface area contributed by atoms with E-state index in [1.807, 2.05) is 0 Å². The minimum absolute atomic E-state index is 0.159. The summed E-state index contributed by atoms with van der Waals surface area (Å²) in [5.74, 6) is 0.159. The van der Waals surface area contributed by atoms with Gasteiger partial charge in [-0.15, -0.1) is 0 Å². The van der Waals surface area contributed by atoms with Crippen LogP contribution in [-0.4, -0.2) is 9.97 Å². The van der Waals surface area contributed by atoms with Crippen LogP contribution in [0.1, 0.15) is 5.69 Å². The zero-order valence-electron chi connectivity index (χ0n) is 5.34. The molecule has 1 aromatic heterocycles. The van der Waals surface area contributed by atoms with Gasteiger partial charge in [-0.2, -0.15) is 5.26 Å². The lowest BCUT2D eigenvalue weighted by molar-refractivity contribution is 1.14. The van der Waals surface area contributed by atoms with E-state index in [1.54, 1.807) is 6.07 Å². The Morgan fingerprint density at radius 2 is 2.36 bits per heavy atom. The van der Waals surface area contributed by atoms with Crippen LogP contribution in [0.2, 0.25) is 0 Å². The number of hydrogen-bond acceptors (Lipinski definition) is 4. The molecule has 1 rings (SSSR count). The van der Waals surface area contributed by atoms with E-state index in [-0.39, 0.29) is 11.5 Å². The molecule has 1 aromatic rings. The van der Waals surface area contributed by atoms with Crippen molar-refractivity contribution in [2.45, 2.75) is 0 Å². The zero-order chi connectivity index (χ0) is 8.10. The van der Waals surface area contributed by atoms with Gasteiger partial charge in [0.05, 0.1) is 12.4 Å². The van der Waals surface area contributed by atoms with Crippen LogP contribution < -0.4 is 0 Å². The van der Waals surface area contributed by atoms with Gasteiger partial charge in [-0.25, -0.2) is 9.97 Å². The lowest BCUT2D eigenvalue weighted by Gasteiger charge is -1.87. The molecule has 0 aliphatic carbocycles. The second-order valence-electron chi connectivity index (χ2n) is 1.56. The van der Waals surface area contributed by atoms with E-state index in [1.165, 1.54) is 12.4 Å². The first kappa shape index (κ1) is 6.99. The molecule has 0 aliphatic rings. The van der Waals surface area contributed by atoms with Crippen LogP contribution in [0.4, 0.5) is 5.82 Å². The average molecular weight is 146 g/mol. The molecule has 6 nitrogen and oxygen atoms in total. The summed E-state index contributed by atoms with van der Waals surface area (Å²) < 4.78 is 0. The van der Waals surface area contributed by atoms with Crippen LogP contribution in [0.5, 0.6) is 0 Å². The molecule has 0 N–H and O–H groups in total. The molecule has 52 valence electrons. The predicted octanol–water partition coefficient (Wildman–Crippen LogP) is 1.29. The Bertz CT molecular complexity index is 327. The molecule has 1 heterocycles. The SMILES string of the molecule is N#Cc1cnc(N=[N+]=[N-])cn1. The standard InChI is InChI=1S/C5H2N6/c6-1-4-2-9-5(3-8-4)10-11-7/h2-3H. The van der Waals surface area contributed by atoms with Gasteiger partial charge in [0.1, 0.15) is 11.9 Å². The van der Waals surface area contributed by atoms with Gasteiger partial charge in [0, 0.05) is 4.91 Å². The van der Waals surface area contributed by atoms with E-state index in [0.717, 1.165) is 0 Å². The second-order valence-corrected chi connectivity index (χ2v) is 1.56. The molecule has 0 spiro atoms. The highest BCUT2D eigenvalue weighted by atomic mass is 15.2. The summed E-state index contributed by atoms with van der Waals surface area (Å²) in [6, 6.07) is 1.79. The van der Waals surface area contributed by atoms with Crippen molar-refractivity contribution in [2.75, 3.05) is 0 Å². The van der Waals surface area contributed by atoms with E-state index < -0.39 is 0 Å². The summed E-state index contributed by atoms with van der Waals surface area (Å²) in [7, 11) is 0. The van der Waals surface area contributed by atoms with Crippen LogP contribution in [0.3, 0.4) is 0 Å². The van der Waals surface area contributed by atoms with Crippen molar-refractivity contribution in [2.24, 2.45) is 5.11 Å². The molecule has 0 saturated carbocycles. The summed E-state index contributed by atoms with van der Waals surface area (Å²) >= 11 is 0. The summed E-state index contributed by atoms with van der Waals surface area (Å²) in [5, 5.41) is 11.5. The highest BCUT2D eigenvalue weighted by Gasteiger charge is 1.91. The van der Waals surface area contributed by atoms with E-state index >= 15 is 0 Å². The molecule has 0 radical (unpaired) electrons. The minimum atomic E-state index is 0.159. The maximum Gasteiger partial charge on any atom is 0.158 e. The smallest absolute Gasteiger partial charge is 0.158 e. The fourth-order valence-corrected chi connectivity index (χ4v) is 0.476. The minimum Gasteiger partial charge on any atom is -0.250 e. The monoisotopic (exact) mass is 146 g/mol. The lowest BCUT2D eigenvalue weighted by Crippen LogP contribution is -1.82. The Hall–Kier alpha value is -2.12. The zero-order valence-corrected chi connectivity index (χ0v) is 5.34. The van der Waals surface area contributed by atoms with Gasteiger partial charge < -0.3 is 0 Å². The normalized spacial score (nSPS) is 7.91. The van der Waals surface area contributed by atoms with Crippen LogP contribution in [0.15, 0.2) is 17.5 Å². The Labute approximate surface area is 61.8 Å². The number of hydrogen-bond donors (Lipinski definition) is 0. The van der Waals surface area contributed by atoms with E-state index in [0.29, 0.717) is 0 Å². The topological polar surface area (TPSA) is 98.3 Å². The summed E-state index contributed by atoms with van der Waals surface area (Å²) in [6.45, 7) is 0. The fourth-order valence-electron chi connectivity index (χ4n) is 0.476. The molecule has 11 heavy (non-hydrogen) atoms. The molecule has 0 amide bonds. The third kappa shape index (κ3) is 1.64. The molecule has 0 aliphatic heterocycles. The fraction of sp³-hybridized carbons (Fsp3) is 0. The summed E-state index contributed by atoms with van der Waals surface area (Å²) in [4.78, 5) is 9.76. The van der Waals surface area contributed by atoms with Crippen molar-refractivity contribution >= 4 is 5.82 Å². The molecule has 6 heteroatoms. The number of nitrogens with zero attached hydrogens (tertiary/aromatic N) is 6. The Morgan fingerprint density at radius 3 is 2.82 bits per heavy atom. The Balaban J connectivity index is 3.02. The lowest BCUT2D eigenvalue weighted by atomic mass is 10.5. The maximum atomic E-state index is 8.30. The Morgan fingerprint density at radius 1 is 1.55 bits per heavy atom. The van der Waals surface area contributed by atoms with Crippen molar-refractivity contribution in [3.05, 3.63) is 28.5 Å². The molecule has 0 bridgehead atoms. The first-order valence-electron chi connectivity index (χ1n) is 2.64. The maximum absolute atomic E-state index is 8.30. The molecule has 0 saturated heterocycles. The van der Waals surface area contributed by atoms with Crippen molar-refractivity contribution in [1.29, 1.82) is 5.26 Å². The highest BCUT2D eigenvalue weighted by Crippen LogP contribution is 2.03. The number of rotatable bonds is 1. The first-order valence-corrected chi connectivity index (χ1v) is 2.64. The first-order chi connectivity index (χ1) is 5.36. The summed E-state index contributed by atoms with van der Waals surface area (Å²) in [6.07, 6.45) is 2.47. The van der Waals surface area contributed by atoms with Crippen LogP contribution >= 0.6 is 0 Å². The third-order valence-electron chi connectivity index (χ3n) is 0.900. The van der Waals surface area contributed by atoms with Gasteiger partial charge in [0.2, 0.25) is 0 Å². The van der Waals surface area contributed by atoms with Gasteiger partial charge in [0.15, 0.2) is 5.69 Å². The number of azide groups is 1. The Kier molecular flexibility index (Phi) is 2.00. The highest BCUT2D eigenvalue weighted by molar-refractivity contribution is 5.26.